The highest BCUT2D eigenvalue weighted by Gasteiger charge is 2.54. The van der Waals surface area contributed by atoms with Crippen molar-refractivity contribution in [2.45, 2.75) is 78.4 Å². The van der Waals surface area contributed by atoms with E-state index in [1.807, 2.05) is 11.8 Å². The van der Waals surface area contributed by atoms with Gasteiger partial charge in [-0.25, -0.2) is 0 Å². The van der Waals surface area contributed by atoms with E-state index in [0.29, 0.717) is 11.5 Å². The van der Waals surface area contributed by atoms with Crippen LogP contribution in [0.15, 0.2) is 24.5 Å². The van der Waals surface area contributed by atoms with E-state index < -0.39 is 6.10 Å². The Balaban J connectivity index is 1.45. The molecule has 6 nitrogen and oxygen atoms in total. The molecule has 3 aliphatic rings. The van der Waals surface area contributed by atoms with Gasteiger partial charge in [-0.05, 0) is 79.7 Å². The second-order valence-corrected chi connectivity index (χ2v) is 11.4. The number of aromatic nitrogens is 1. The Bertz CT molecular complexity index is 838. The highest BCUT2D eigenvalue weighted by molar-refractivity contribution is 5.94. The van der Waals surface area contributed by atoms with E-state index >= 15 is 0 Å². The van der Waals surface area contributed by atoms with Gasteiger partial charge in [0.1, 0.15) is 0 Å². The SMILES string of the molecule is CC1CCN(C(=O)[C@@H](C)[C@@H]2CC[C@]3(C)CC[C@H](NC(=O)c4ccncc4)[C@H](C)[C@@H]3[C@H]2O)CC1. The molecular formula is C27H41N3O3. The zero-order valence-corrected chi connectivity index (χ0v) is 20.7. The summed E-state index contributed by atoms with van der Waals surface area (Å²) in [5.41, 5.74) is 0.666. The summed E-state index contributed by atoms with van der Waals surface area (Å²) in [6.07, 6.45) is 8.71. The Morgan fingerprint density at radius 3 is 2.42 bits per heavy atom. The predicted molar refractivity (Wildman–Crippen MR) is 128 cm³/mol. The fraction of sp³-hybridized carbons (Fsp3) is 0.741. The van der Waals surface area contributed by atoms with Crippen LogP contribution in [-0.2, 0) is 4.79 Å². The van der Waals surface area contributed by atoms with Crippen molar-refractivity contribution in [3.8, 4) is 0 Å². The number of nitrogens with zero attached hydrogens (tertiary/aromatic N) is 2. The molecule has 1 saturated heterocycles. The number of pyridine rings is 1. The Kier molecular flexibility index (Phi) is 7.13. The average molecular weight is 456 g/mol. The number of fused-ring (bicyclic) bond motifs is 1. The molecule has 0 bridgehead atoms. The zero-order chi connectivity index (χ0) is 23.8. The molecular weight excluding hydrogens is 414 g/mol. The number of hydrogen-bond donors (Lipinski definition) is 2. The van der Waals surface area contributed by atoms with Gasteiger partial charge in [0, 0.05) is 43.0 Å². The number of nitrogens with one attached hydrogen (secondary N) is 1. The number of piperidine rings is 1. The first-order valence-corrected chi connectivity index (χ1v) is 12.9. The van der Waals surface area contributed by atoms with Crippen molar-refractivity contribution in [1.82, 2.24) is 15.2 Å². The van der Waals surface area contributed by atoms with Crippen LogP contribution in [0.3, 0.4) is 0 Å². The summed E-state index contributed by atoms with van der Waals surface area (Å²) in [7, 11) is 0. The highest BCUT2D eigenvalue weighted by atomic mass is 16.3. The molecule has 182 valence electrons. The summed E-state index contributed by atoms with van der Waals surface area (Å²) >= 11 is 0. The molecule has 2 N–H and O–H groups in total. The largest absolute Gasteiger partial charge is 0.392 e. The van der Waals surface area contributed by atoms with Gasteiger partial charge < -0.3 is 15.3 Å². The zero-order valence-electron chi connectivity index (χ0n) is 20.7. The molecule has 0 radical (unpaired) electrons. The number of carbonyl (C=O) groups excluding carboxylic acids is 2. The summed E-state index contributed by atoms with van der Waals surface area (Å²) in [5.74, 6) is 0.842. The molecule has 7 atom stereocenters. The van der Waals surface area contributed by atoms with Gasteiger partial charge in [0.25, 0.3) is 5.91 Å². The van der Waals surface area contributed by atoms with Gasteiger partial charge in [0.15, 0.2) is 0 Å². The van der Waals surface area contributed by atoms with E-state index in [9.17, 15) is 14.7 Å². The number of likely N-dealkylation sites (tertiary alicyclic amines) is 1. The molecule has 0 unspecified atom stereocenters. The standard InChI is InChI=1S/C27H41N3O3/c1-17-9-15-30(16-10-17)26(33)18(2)21-5-11-27(4)12-6-22(19(3)23(27)24(21)31)29-25(32)20-7-13-28-14-8-20/h7-8,13-14,17-19,21-24,31H,5-6,9-12,15-16H2,1-4H3,(H,29,32)/t18-,19-,21-,22-,23+,24-,27+/m0/s1. The van der Waals surface area contributed by atoms with Crippen LogP contribution in [0.1, 0.15) is 76.6 Å². The van der Waals surface area contributed by atoms with Crippen molar-refractivity contribution >= 4 is 11.8 Å². The maximum absolute atomic E-state index is 13.3. The number of carbonyl (C=O) groups is 2. The summed E-state index contributed by atoms with van der Waals surface area (Å²) in [4.78, 5) is 32.1. The van der Waals surface area contributed by atoms with Crippen LogP contribution < -0.4 is 5.32 Å². The normalized spacial score (nSPS) is 36.0. The smallest absolute Gasteiger partial charge is 0.251 e. The van der Waals surface area contributed by atoms with E-state index in [1.165, 1.54) is 0 Å². The first-order valence-electron chi connectivity index (χ1n) is 12.9. The maximum atomic E-state index is 13.3. The van der Waals surface area contributed by atoms with Gasteiger partial charge >= 0.3 is 0 Å². The van der Waals surface area contributed by atoms with E-state index in [1.54, 1.807) is 24.5 Å². The maximum Gasteiger partial charge on any atom is 0.251 e. The fourth-order valence-corrected chi connectivity index (χ4v) is 6.95. The first kappa shape index (κ1) is 24.2. The molecule has 2 amide bonds. The summed E-state index contributed by atoms with van der Waals surface area (Å²) in [6.45, 7) is 10.4. The van der Waals surface area contributed by atoms with E-state index in [2.05, 4.69) is 31.1 Å². The topological polar surface area (TPSA) is 82.5 Å². The minimum absolute atomic E-state index is 0.0201. The van der Waals surface area contributed by atoms with Gasteiger partial charge in [-0.1, -0.05) is 27.7 Å². The summed E-state index contributed by atoms with van der Waals surface area (Å²) < 4.78 is 0. The second kappa shape index (κ2) is 9.73. The predicted octanol–water partition coefficient (Wildman–Crippen LogP) is 3.90. The van der Waals surface area contributed by atoms with Crippen LogP contribution in [0.4, 0.5) is 0 Å². The lowest BCUT2D eigenvalue weighted by atomic mass is 9.51. The molecule has 6 heteroatoms. The molecule has 1 aromatic heterocycles. The first-order chi connectivity index (χ1) is 15.7. The molecule has 33 heavy (non-hydrogen) atoms. The Labute approximate surface area is 198 Å². The third kappa shape index (κ3) is 4.82. The van der Waals surface area contributed by atoms with Gasteiger partial charge in [-0.3, -0.25) is 14.6 Å². The van der Waals surface area contributed by atoms with Crippen molar-refractivity contribution < 1.29 is 14.7 Å². The fourth-order valence-electron chi connectivity index (χ4n) is 6.95. The quantitative estimate of drug-likeness (QED) is 0.721. The van der Waals surface area contributed by atoms with Gasteiger partial charge in [-0.2, -0.15) is 0 Å². The lowest BCUT2D eigenvalue weighted by Crippen LogP contribution is -2.58. The van der Waals surface area contributed by atoms with Crippen LogP contribution in [0.2, 0.25) is 0 Å². The van der Waals surface area contributed by atoms with Crippen molar-refractivity contribution in [3.05, 3.63) is 30.1 Å². The van der Waals surface area contributed by atoms with Crippen molar-refractivity contribution in [2.24, 2.45) is 35.0 Å². The summed E-state index contributed by atoms with van der Waals surface area (Å²) in [6, 6.07) is 3.48. The molecule has 3 fully saturated rings. The Morgan fingerprint density at radius 2 is 1.76 bits per heavy atom. The van der Waals surface area contributed by atoms with Crippen molar-refractivity contribution in [1.29, 1.82) is 0 Å². The van der Waals surface area contributed by atoms with Crippen LogP contribution in [0, 0.1) is 35.0 Å². The van der Waals surface area contributed by atoms with Crippen LogP contribution in [0.5, 0.6) is 0 Å². The van der Waals surface area contributed by atoms with E-state index in [-0.39, 0.29) is 46.9 Å². The number of aliphatic hydroxyl groups excluding tert-OH is 1. The minimum Gasteiger partial charge on any atom is -0.392 e. The van der Waals surface area contributed by atoms with Crippen molar-refractivity contribution in [3.63, 3.8) is 0 Å². The van der Waals surface area contributed by atoms with Gasteiger partial charge in [0.2, 0.25) is 5.91 Å². The van der Waals surface area contributed by atoms with Crippen LogP contribution in [-0.4, -0.2) is 52.0 Å². The van der Waals surface area contributed by atoms with Gasteiger partial charge in [0.05, 0.1) is 6.10 Å². The molecule has 4 rings (SSSR count). The number of aliphatic hydroxyl groups is 1. The average Bonchev–Trinajstić information content (AvgIpc) is 2.81. The van der Waals surface area contributed by atoms with E-state index in [0.717, 1.165) is 51.6 Å². The molecule has 0 aromatic carbocycles. The highest BCUT2D eigenvalue weighted by Crippen LogP contribution is 2.55. The minimum atomic E-state index is -0.526. The van der Waals surface area contributed by atoms with Crippen LogP contribution in [0.25, 0.3) is 0 Å². The second-order valence-electron chi connectivity index (χ2n) is 11.4. The molecule has 2 aliphatic carbocycles. The Morgan fingerprint density at radius 1 is 1.12 bits per heavy atom. The number of hydrogen-bond acceptors (Lipinski definition) is 4. The third-order valence-electron chi connectivity index (χ3n) is 9.27. The third-order valence-corrected chi connectivity index (χ3v) is 9.27. The molecule has 0 spiro atoms. The Hall–Kier alpha value is -1.95. The lowest BCUT2D eigenvalue weighted by Gasteiger charge is -2.56. The lowest BCUT2D eigenvalue weighted by molar-refractivity contribution is -0.151. The molecule has 1 aliphatic heterocycles. The number of amides is 2. The van der Waals surface area contributed by atoms with Crippen LogP contribution >= 0.6 is 0 Å². The number of rotatable bonds is 4. The summed E-state index contributed by atoms with van der Waals surface area (Å²) in [5, 5.41) is 14.9. The monoisotopic (exact) mass is 455 g/mol. The molecule has 2 heterocycles. The molecule has 1 aromatic rings. The van der Waals surface area contributed by atoms with E-state index in [4.69, 9.17) is 0 Å². The van der Waals surface area contributed by atoms with Crippen molar-refractivity contribution in [2.75, 3.05) is 13.1 Å². The van der Waals surface area contributed by atoms with Gasteiger partial charge in [-0.15, -0.1) is 0 Å². The molecule has 2 saturated carbocycles.